The van der Waals surface area contributed by atoms with Crippen LogP contribution in [0, 0.1) is 5.41 Å². The highest BCUT2D eigenvalue weighted by molar-refractivity contribution is 4.99. The lowest BCUT2D eigenvalue weighted by Crippen LogP contribution is -2.51. The van der Waals surface area contributed by atoms with Gasteiger partial charge in [-0.2, -0.15) is 0 Å². The molecule has 0 aromatic rings. The highest BCUT2D eigenvalue weighted by Crippen LogP contribution is 2.37. The maximum absolute atomic E-state index is 11.0. The molecule has 1 saturated carbocycles. The predicted molar refractivity (Wildman–Crippen MR) is 115 cm³/mol. The number of aliphatic hydroxyl groups excluding tert-OH is 2. The van der Waals surface area contributed by atoms with E-state index in [1.165, 1.54) is 25.7 Å². The Labute approximate surface area is 173 Å². The van der Waals surface area contributed by atoms with Crippen molar-refractivity contribution < 1.29 is 20.1 Å². The first kappa shape index (κ1) is 25.8. The highest BCUT2D eigenvalue weighted by Gasteiger charge is 2.47. The Hall–Kier alpha value is -0.200. The fraction of sp³-hybridized carbons (Fsp3) is 1.00. The molecule has 0 radical (unpaired) electrons. The Balaban J connectivity index is 2.65. The second-order valence-corrected chi connectivity index (χ2v) is 9.79. The van der Waals surface area contributed by atoms with Crippen LogP contribution in [0.15, 0.2) is 0 Å². The molecule has 1 rings (SSSR count). The Bertz CT molecular complexity index is 427. The third-order valence-corrected chi connectivity index (χ3v) is 6.89. The molecule has 0 bridgehead atoms. The van der Waals surface area contributed by atoms with Crippen molar-refractivity contribution in [3.63, 3.8) is 0 Å². The summed E-state index contributed by atoms with van der Waals surface area (Å²) in [5.41, 5.74) is -1.26. The number of ether oxygens (including phenoxy) is 1. The van der Waals surface area contributed by atoms with Crippen LogP contribution in [-0.4, -0.2) is 70.4 Å². The molecule has 5 nitrogen and oxygen atoms in total. The van der Waals surface area contributed by atoms with E-state index in [4.69, 9.17) is 4.74 Å². The van der Waals surface area contributed by atoms with Crippen molar-refractivity contribution in [2.75, 3.05) is 20.2 Å². The Kier molecular flexibility index (Phi) is 10.9. The van der Waals surface area contributed by atoms with E-state index in [-0.39, 0.29) is 18.1 Å². The monoisotopic (exact) mass is 401 g/mol. The minimum atomic E-state index is -0.987. The van der Waals surface area contributed by atoms with Crippen LogP contribution in [0.2, 0.25) is 0 Å². The van der Waals surface area contributed by atoms with Gasteiger partial charge in [0.15, 0.2) is 0 Å². The van der Waals surface area contributed by atoms with E-state index in [1.807, 2.05) is 14.0 Å². The van der Waals surface area contributed by atoms with Gasteiger partial charge in [0, 0.05) is 6.42 Å². The highest BCUT2D eigenvalue weighted by atomic mass is 16.5. The first-order chi connectivity index (χ1) is 13.1. The molecule has 0 aromatic heterocycles. The number of likely N-dealkylation sites (N-methyl/N-ethyl adjacent to an activating group) is 1. The van der Waals surface area contributed by atoms with Gasteiger partial charge in [0.25, 0.3) is 0 Å². The molecule has 28 heavy (non-hydrogen) atoms. The van der Waals surface area contributed by atoms with Crippen LogP contribution < -0.4 is 0 Å². The second-order valence-electron chi connectivity index (χ2n) is 9.79. The van der Waals surface area contributed by atoms with Crippen molar-refractivity contribution in [3.05, 3.63) is 0 Å². The molecule has 0 amide bonds. The molecule has 5 atom stereocenters. The van der Waals surface area contributed by atoms with Crippen LogP contribution in [0.25, 0.3) is 0 Å². The van der Waals surface area contributed by atoms with Gasteiger partial charge in [-0.3, -0.25) is 4.90 Å². The fourth-order valence-electron chi connectivity index (χ4n) is 4.18. The molecule has 0 aliphatic heterocycles. The van der Waals surface area contributed by atoms with Crippen molar-refractivity contribution in [1.82, 2.24) is 4.90 Å². The van der Waals surface area contributed by atoms with E-state index < -0.39 is 23.9 Å². The first-order valence-electron chi connectivity index (χ1n) is 11.5. The Morgan fingerprint density at radius 2 is 1.54 bits per heavy atom. The minimum Gasteiger partial charge on any atom is -0.391 e. The van der Waals surface area contributed by atoms with E-state index in [2.05, 4.69) is 32.6 Å². The number of hydrogen-bond acceptors (Lipinski definition) is 5. The van der Waals surface area contributed by atoms with E-state index in [9.17, 15) is 15.3 Å². The van der Waals surface area contributed by atoms with Gasteiger partial charge >= 0.3 is 0 Å². The fourth-order valence-corrected chi connectivity index (χ4v) is 4.18. The summed E-state index contributed by atoms with van der Waals surface area (Å²) in [6.07, 6.45) is 7.68. The van der Waals surface area contributed by atoms with Crippen molar-refractivity contribution in [2.24, 2.45) is 5.41 Å². The molecule has 168 valence electrons. The predicted octanol–water partition coefficient (Wildman–Crippen LogP) is 3.74. The van der Waals surface area contributed by atoms with Crippen molar-refractivity contribution >= 4 is 0 Å². The summed E-state index contributed by atoms with van der Waals surface area (Å²) in [4.78, 5) is 2.13. The van der Waals surface area contributed by atoms with E-state index in [0.29, 0.717) is 6.42 Å². The van der Waals surface area contributed by atoms with Crippen LogP contribution in [0.5, 0.6) is 0 Å². The van der Waals surface area contributed by atoms with Crippen LogP contribution in [0.4, 0.5) is 0 Å². The summed E-state index contributed by atoms with van der Waals surface area (Å²) < 4.78 is 6.09. The molecule has 3 N–H and O–H groups in total. The number of rotatable bonds is 14. The zero-order valence-corrected chi connectivity index (χ0v) is 19.3. The van der Waals surface area contributed by atoms with Gasteiger partial charge in [0.2, 0.25) is 0 Å². The van der Waals surface area contributed by atoms with Crippen LogP contribution in [0.3, 0.4) is 0 Å². The maximum atomic E-state index is 11.0. The molecule has 0 spiro atoms. The quantitative estimate of drug-likeness (QED) is 0.387. The third-order valence-electron chi connectivity index (χ3n) is 6.89. The van der Waals surface area contributed by atoms with Crippen molar-refractivity contribution in [3.8, 4) is 0 Å². The minimum absolute atomic E-state index is 0.166. The Morgan fingerprint density at radius 3 is 2.14 bits per heavy atom. The molecule has 0 heterocycles. The van der Waals surface area contributed by atoms with E-state index in [1.54, 1.807) is 0 Å². The molecular formula is C23H47NO4. The van der Waals surface area contributed by atoms with Gasteiger partial charge in [0.1, 0.15) is 6.10 Å². The van der Waals surface area contributed by atoms with Crippen molar-refractivity contribution in [1.29, 1.82) is 0 Å². The van der Waals surface area contributed by atoms with E-state index in [0.717, 1.165) is 32.2 Å². The molecule has 1 aliphatic rings. The first-order valence-corrected chi connectivity index (χ1v) is 11.5. The topological polar surface area (TPSA) is 73.2 Å². The number of unbranched alkanes of at least 4 members (excludes halogenated alkanes) is 5. The molecular weight excluding hydrogens is 354 g/mol. The number of aliphatic hydroxyl groups is 3. The molecule has 1 fully saturated rings. The van der Waals surface area contributed by atoms with Gasteiger partial charge in [-0.05, 0) is 38.8 Å². The second kappa shape index (κ2) is 11.8. The van der Waals surface area contributed by atoms with E-state index >= 15 is 0 Å². The normalized spacial score (nSPS) is 28.1. The summed E-state index contributed by atoms with van der Waals surface area (Å²) in [6.45, 7) is 11.4. The van der Waals surface area contributed by atoms with Crippen LogP contribution >= 0.6 is 0 Å². The summed E-state index contributed by atoms with van der Waals surface area (Å²) in [7, 11) is 2.01. The SMILES string of the molecule is CCCCCCCN(C)[C@H]1[C@H](OCC(C)(O)C(C)(C)CCCC)[C@H](O)C[C@@H]1O. The molecule has 1 unspecified atom stereocenters. The van der Waals surface area contributed by atoms with Crippen LogP contribution in [-0.2, 0) is 4.74 Å². The third kappa shape index (κ3) is 7.24. The lowest BCUT2D eigenvalue weighted by atomic mass is 9.73. The lowest BCUT2D eigenvalue weighted by molar-refractivity contribution is -0.150. The van der Waals surface area contributed by atoms with Gasteiger partial charge in [0.05, 0.1) is 30.5 Å². The standard InChI is InChI=1S/C23H47NO4/c1-7-9-11-12-13-15-24(6)20-18(25)16-19(26)21(20)28-17-23(5,27)22(3,4)14-10-8-2/h18-21,25-27H,7-17H2,1-6H3/t18-,19+,20+,21+,23?/m0/s1. The summed E-state index contributed by atoms with van der Waals surface area (Å²) in [6, 6.07) is -0.226. The molecule has 0 aromatic carbocycles. The Morgan fingerprint density at radius 1 is 0.929 bits per heavy atom. The van der Waals surface area contributed by atoms with Crippen molar-refractivity contribution in [2.45, 2.75) is 122 Å². The molecule has 5 heteroatoms. The summed E-state index contributed by atoms with van der Waals surface area (Å²) in [5.74, 6) is 0. The van der Waals surface area contributed by atoms with Gasteiger partial charge in [-0.1, -0.05) is 66.2 Å². The molecule has 1 aliphatic carbocycles. The van der Waals surface area contributed by atoms with Crippen LogP contribution in [0.1, 0.15) is 92.4 Å². The zero-order chi connectivity index (χ0) is 21.4. The summed E-state index contributed by atoms with van der Waals surface area (Å²) in [5, 5.41) is 32.0. The summed E-state index contributed by atoms with van der Waals surface area (Å²) >= 11 is 0. The van der Waals surface area contributed by atoms with Gasteiger partial charge in [-0.15, -0.1) is 0 Å². The average molecular weight is 402 g/mol. The zero-order valence-electron chi connectivity index (χ0n) is 19.3. The maximum Gasteiger partial charge on any atom is 0.102 e. The largest absolute Gasteiger partial charge is 0.391 e. The molecule has 0 saturated heterocycles. The van der Waals surface area contributed by atoms with Gasteiger partial charge < -0.3 is 20.1 Å². The number of nitrogens with zero attached hydrogens (tertiary/aromatic N) is 1. The smallest absolute Gasteiger partial charge is 0.102 e. The average Bonchev–Trinajstić information content (AvgIpc) is 2.91. The number of hydrogen-bond donors (Lipinski definition) is 3. The van der Waals surface area contributed by atoms with Gasteiger partial charge in [-0.25, -0.2) is 0 Å². The lowest BCUT2D eigenvalue weighted by Gasteiger charge is -2.42.